The molecule has 0 saturated carbocycles. The highest BCUT2D eigenvalue weighted by Crippen LogP contribution is 2.21. The summed E-state index contributed by atoms with van der Waals surface area (Å²) in [5.41, 5.74) is 1.01. The Morgan fingerprint density at radius 2 is 2.26 bits per heavy atom. The molecule has 1 N–H and O–H groups in total. The van der Waals surface area contributed by atoms with Crippen molar-refractivity contribution in [3.63, 3.8) is 0 Å². The quantitative estimate of drug-likeness (QED) is 0.889. The Morgan fingerprint density at radius 3 is 2.89 bits per heavy atom. The molecule has 1 aromatic carbocycles. The molecular formula is C15H21BrFNO. The highest BCUT2D eigenvalue weighted by atomic mass is 79.9. The molecule has 0 amide bonds. The Balaban J connectivity index is 2.06. The number of benzene rings is 1. The van der Waals surface area contributed by atoms with Gasteiger partial charge in [0.05, 0.1) is 6.10 Å². The first-order valence-electron chi connectivity index (χ1n) is 6.99. The number of rotatable bonds is 5. The van der Waals surface area contributed by atoms with Crippen LogP contribution in [-0.4, -0.2) is 25.3 Å². The molecule has 0 bridgehead atoms. The molecule has 1 heterocycles. The van der Waals surface area contributed by atoms with Gasteiger partial charge in [-0.2, -0.15) is 0 Å². The normalized spacial score (nSPS) is 21.3. The molecule has 1 fully saturated rings. The van der Waals surface area contributed by atoms with E-state index < -0.39 is 0 Å². The van der Waals surface area contributed by atoms with E-state index in [1.165, 1.54) is 12.5 Å². The molecule has 0 radical (unpaired) electrons. The van der Waals surface area contributed by atoms with Crippen LogP contribution in [0.4, 0.5) is 4.39 Å². The fraction of sp³-hybridized carbons (Fsp3) is 0.600. The summed E-state index contributed by atoms with van der Waals surface area (Å²) in [6, 6.07) is 5.34. The zero-order valence-corrected chi connectivity index (χ0v) is 12.9. The van der Waals surface area contributed by atoms with Gasteiger partial charge in [0.1, 0.15) is 5.82 Å². The molecule has 1 saturated heterocycles. The third kappa shape index (κ3) is 4.55. The Morgan fingerprint density at radius 1 is 1.42 bits per heavy atom. The predicted octanol–water partition coefficient (Wildman–Crippen LogP) is 3.68. The third-order valence-corrected chi connectivity index (χ3v) is 3.97. The highest BCUT2D eigenvalue weighted by Gasteiger charge is 2.24. The van der Waals surface area contributed by atoms with Crippen molar-refractivity contribution in [3.05, 3.63) is 34.1 Å². The van der Waals surface area contributed by atoms with E-state index in [9.17, 15) is 4.39 Å². The van der Waals surface area contributed by atoms with Gasteiger partial charge in [-0.25, -0.2) is 4.39 Å². The zero-order chi connectivity index (χ0) is 13.7. The standard InChI is InChI=1S/C15H21BrFNO/c1-2-18-14(15-5-3-4-6-19-15)9-11-7-12(16)10-13(17)8-11/h7-8,10,14-15,18H,2-6,9H2,1H3. The molecule has 2 unspecified atom stereocenters. The number of halogens is 2. The van der Waals surface area contributed by atoms with Crippen molar-refractivity contribution in [2.24, 2.45) is 0 Å². The molecule has 4 heteroatoms. The van der Waals surface area contributed by atoms with E-state index in [0.29, 0.717) is 0 Å². The van der Waals surface area contributed by atoms with Gasteiger partial charge in [0.15, 0.2) is 0 Å². The minimum atomic E-state index is -0.191. The first-order valence-corrected chi connectivity index (χ1v) is 7.78. The van der Waals surface area contributed by atoms with Gasteiger partial charge in [0.2, 0.25) is 0 Å². The number of nitrogens with one attached hydrogen (secondary N) is 1. The van der Waals surface area contributed by atoms with Crippen LogP contribution in [0.5, 0.6) is 0 Å². The molecule has 0 aromatic heterocycles. The van der Waals surface area contributed by atoms with E-state index in [1.54, 1.807) is 6.07 Å². The molecule has 1 aliphatic rings. The molecule has 2 nitrogen and oxygen atoms in total. The third-order valence-electron chi connectivity index (χ3n) is 3.51. The van der Waals surface area contributed by atoms with Gasteiger partial charge in [-0.3, -0.25) is 0 Å². The molecule has 2 rings (SSSR count). The first-order chi connectivity index (χ1) is 9.19. The van der Waals surface area contributed by atoms with Crippen LogP contribution in [0, 0.1) is 5.82 Å². The smallest absolute Gasteiger partial charge is 0.124 e. The summed E-state index contributed by atoms with van der Waals surface area (Å²) in [5.74, 6) is -0.191. The van der Waals surface area contributed by atoms with Crippen LogP contribution in [0.3, 0.4) is 0 Å². The molecule has 0 aliphatic carbocycles. The van der Waals surface area contributed by atoms with Crippen molar-refractivity contribution in [3.8, 4) is 0 Å². The molecule has 106 valence electrons. The van der Waals surface area contributed by atoms with Gasteiger partial charge in [-0.1, -0.05) is 22.9 Å². The molecule has 2 atom stereocenters. The molecule has 1 aromatic rings. The van der Waals surface area contributed by atoms with E-state index in [1.807, 2.05) is 6.07 Å². The summed E-state index contributed by atoms with van der Waals surface area (Å²) in [7, 11) is 0. The van der Waals surface area contributed by atoms with Crippen LogP contribution < -0.4 is 5.32 Å². The van der Waals surface area contributed by atoms with Crippen LogP contribution in [0.15, 0.2) is 22.7 Å². The van der Waals surface area contributed by atoms with Crippen molar-refractivity contribution < 1.29 is 9.13 Å². The average molecular weight is 330 g/mol. The summed E-state index contributed by atoms with van der Waals surface area (Å²) < 4.78 is 20.1. The summed E-state index contributed by atoms with van der Waals surface area (Å²) in [6.07, 6.45) is 4.51. The molecule has 0 spiro atoms. The van der Waals surface area contributed by atoms with Crippen LogP contribution >= 0.6 is 15.9 Å². The van der Waals surface area contributed by atoms with E-state index in [0.717, 1.165) is 42.5 Å². The van der Waals surface area contributed by atoms with Crippen LogP contribution in [0.1, 0.15) is 31.7 Å². The minimum absolute atomic E-state index is 0.191. The first kappa shape index (κ1) is 14.9. The lowest BCUT2D eigenvalue weighted by Gasteiger charge is -2.31. The summed E-state index contributed by atoms with van der Waals surface area (Å²) in [6.45, 7) is 3.84. The number of ether oxygens (including phenoxy) is 1. The SMILES string of the molecule is CCNC(Cc1cc(F)cc(Br)c1)C1CCCCO1. The van der Waals surface area contributed by atoms with Crippen LogP contribution in [0.25, 0.3) is 0 Å². The highest BCUT2D eigenvalue weighted by molar-refractivity contribution is 9.10. The van der Waals surface area contributed by atoms with Gasteiger partial charge in [0, 0.05) is 17.1 Å². The van der Waals surface area contributed by atoms with Crippen molar-refractivity contribution >= 4 is 15.9 Å². The van der Waals surface area contributed by atoms with Gasteiger partial charge in [-0.15, -0.1) is 0 Å². The lowest BCUT2D eigenvalue weighted by atomic mass is 9.96. The topological polar surface area (TPSA) is 21.3 Å². The van der Waals surface area contributed by atoms with Crippen molar-refractivity contribution in [1.29, 1.82) is 0 Å². The van der Waals surface area contributed by atoms with E-state index in [4.69, 9.17) is 4.74 Å². The van der Waals surface area contributed by atoms with Crippen LogP contribution in [-0.2, 0) is 11.2 Å². The molecular weight excluding hydrogens is 309 g/mol. The lowest BCUT2D eigenvalue weighted by Crippen LogP contribution is -2.44. The van der Waals surface area contributed by atoms with Crippen molar-refractivity contribution in [1.82, 2.24) is 5.32 Å². The fourth-order valence-corrected chi connectivity index (χ4v) is 3.18. The Hall–Kier alpha value is -0.450. The maximum atomic E-state index is 13.4. The zero-order valence-electron chi connectivity index (χ0n) is 11.3. The second-order valence-corrected chi connectivity index (χ2v) is 5.97. The van der Waals surface area contributed by atoms with Gasteiger partial charge in [0.25, 0.3) is 0 Å². The minimum Gasteiger partial charge on any atom is -0.377 e. The Labute approximate surface area is 122 Å². The second kappa shape index (κ2) is 7.36. The maximum absolute atomic E-state index is 13.4. The van der Waals surface area contributed by atoms with Gasteiger partial charge >= 0.3 is 0 Å². The van der Waals surface area contributed by atoms with E-state index in [-0.39, 0.29) is 18.0 Å². The average Bonchev–Trinajstić information content (AvgIpc) is 2.38. The number of likely N-dealkylation sites (N-methyl/N-ethyl adjacent to an activating group) is 1. The number of hydrogen-bond donors (Lipinski definition) is 1. The van der Waals surface area contributed by atoms with Crippen molar-refractivity contribution in [2.45, 2.75) is 44.8 Å². The predicted molar refractivity (Wildman–Crippen MR) is 78.9 cm³/mol. The molecule has 19 heavy (non-hydrogen) atoms. The Bertz CT molecular complexity index is 387. The number of hydrogen-bond acceptors (Lipinski definition) is 2. The summed E-state index contributed by atoms with van der Waals surface area (Å²) in [5, 5.41) is 3.48. The second-order valence-electron chi connectivity index (χ2n) is 5.05. The summed E-state index contributed by atoms with van der Waals surface area (Å²) >= 11 is 3.35. The fourth-order valence-electron chi connectivity index (χ4n) is 2.66. The van der Waals surface area contributed by atoms with Crippen molar-refractivity contribution in [2.75, 3.05) is 13.2 Å². The van der Waals surface area contributed by atoms with E-state index >= 15 is 0 Å². The molecule has 1 aliphatic heterocycles. The van der Waals surface area contributed by atoms with Gasteiger partial charge < -0.3 is 10.1 Å². The van der Waals surface area contributed by atoms with Gasteiger partial charge in [-0.05, 0) is 56.0 Å². The van der Waals surface area contributed by atoms with Crippen LogP contribution in [0.2, 0.25) is 0 Å². The lowest BCUT2D eigenvalue weighted by molar-refractivity contribution is -0.00710. The maximum Gasteiger partial charge on any atom is 0.124 e. The monoisotopic (exact) mass is 329 g/mol. The Kier molecular flexibility index (Phi) is 5.79. The van der Waals surface area contributed by atoms with E-state index in [2.05, 4.69) is 28.2 Å². The summed E-state index contributed by atoms with van der Waals surface area (Å²) in [4.78, 5) is 0. The largest absolute Gasteiger partial charge is 0.377 e.